The highest BCUT2D eigenvalue weighted by atomic mass is 16.5. The molecule has 0 aliphatic heterocycles. The largest absolute Gasteiger partial charge is 0.458 e. The minimum Gasteiger partial charge on any atom is -0.458 e. The van der Waals surface area contributed by atoms with Gasteiger partial charge in [-0.05, 0) is 36.1 Å². The number of aliphatic imine (C=N–C) groups is 1. The van der Waals surface area contributed by atoms with Crippen LogP contribution in [0.4, 0.5) is 0 Å². The molecular formula is C16H17NO2. The number of fused-ring (bicyclic) bond motifs is 1. The van der Waals surface area contributed by atoms with Crippen LogP contribution >= 0.6 is 0 Å². The average molecular weight is 255 g/mol. The predicted octanol–water partition coefficient (Wildman–Crippen LogP) is 3.53. The number of nitrogens with zero attached hydrogens (tertiary/aromatic N) is 1. The molecule has 0 fully saturated rings. The molecule has 3 heteroatoms. The fraction of sp³-hybridized carbons (Fsp3) is 0.312. The molecule has 3 nitrogen and oxygen atoms in total. The smallest absolute Gasteiger partial charge is 0.144 e. The van der Waals surface area contributed by atoms with Gasteiger partial charge in [0, 0.05) is 7.11 Å². The number of furan rings is 1. The molecule has 19 heavy (non-hydrogen) atoms. The molecule has 98 valence electrons. The molecule has 0 bridgehead atoms. The van der Waals surface area contributed by atoms with Gasteiger partial charge in [-0.1, -0.05) is 24.3 Å². The van der Waals surface area contributed by atoms with Crippen molar-refractivity contribution in [3.63, 3.8) is 0 Å². The van der Waals surface area contributed by atoms with Crippen molar-refractivity contribution in [2.24, 2.45) is 4.99 Å². The first kappa shape index (κ1) is 12.2. The van der Waals surface area contributed by atoms with Crippen LogP contribution in [0.25, 0.3) is 0 Å². The Bertz CT molecular complexity index is 586. The summed E-state index contributed by atoms with van der Waals surface area (Å²) in [6, 6.07) is 12.7. The number of aryl methyl sites for hydroxylation is 1. The van der Waals surface area contributed by atoms with Gasteiger partial charge in [0.15, 0.2) is 0 Å². The quantitative estimate of drug-likeness (QED) is 0.783. The van der Waals surface area contributed by atoms with Crippen LogP contribution in [-0.2, 0) is 17.8 Å². The van der Waals surface area contributed by atoms with Gasteiger partial charge in [0.25, 0.3) is 0 Å². The molecule has 1 aliphatic rings. The first-order valence-corrected chi connectivity index (χ1v) is 6.55. The summed E-state index contributed by atoms with van der Waals surface area (Å²) in [4.78, 5) is 4.65. The van der Waals surface area contributed by atoms with Crippen LogP contribution in [0.15, 0.2) is 45.8 Å². The third kappa shape index (κ3) is 2.61. The van der Waals surface area contributed by atoms with Gasteiger partial charge >= 0.3 is 0 Å². The van der Waals surface area contributed by atoms with Crippen molar-refractivity contribution in [1.29, 1.82) is 0 Å². The molecule has 0 N–H and O–H groups in total. The van der Waals surface area contributed by atoms with E-state index in [9.17, 15) is 0 Å². The monoisotopic (exact) mass is 255 g/mol. The Hall–Kier alpha value is -1.87. The van der Waals surface area contributed by atoms with E-state index < -0.39 is 0 Å². The van der Waals surface area contributed by atoms with Crippen molar-refractivity contribution in [3.05, 3.63) is 59.0 Å². The maximum Gasteiger partial charge on any atom is 0.144 e. The van der Waals surface area contributed by atoms with Gasteiger partial charge in [-0.3, -0.25) is 4.99 Å². The number of ether oxygens (including phenoxy) is 1. The van der Waals surface area contributed by atoms with Gasteiger partial charge in [0.05, 0.1) is 12.3 Å². The molecular weight excluding hydrogens is 238 g/mol. The molecule has 1 unspecified atom stereocenters. The van der Waals surface area contributed by atoms with E-state index in [2.05, 4.69) is 29.3 Å². The molecule has 0 saturated carbocycles. The van der Waals surface area contributed by atoms with Crippen molar-refractivity contribution >= 4 is 6.21 Å². The second-order valence-corrected chi connectivity index (χ2v) is 4.77. The van der Waals surface area contributed by atoms with E-state index in [-0.39, 0.29) is 6.04 Å². The summed E-state index contributed by atoms with van der Waals surface area (Å²) in [7, 11) is 1.66. The predicted molar refractivity (Wildman–Crippen MR) is 74.5 cm³/mol. The second-order valence-electron chi connectivity index (χ2n) is 4.77. The topological polar surface area (TPSA) is 34.7 Å². The van der Waals surface area contributed by atoms with Crippen LogP contribution in [-0.4, -0.2) is 13.3 Å². The van der Waals surface area contributed by atoms with Gasteiger partial charge in [-0.15, -0.1) is 0 Å². The summed E-state index contributed by atoms with van der Waals surface area (Å²) in [5, 5.41) is 0. The third-order valence-electron chi connectivity index (χ3n) is 3.45. The maximum atomic E-state index is 5.60. The van der Waals surface area contributed by atoms with E-state index in [0.717, 1.165) is 24.4 Å². The minimum absolute atomic E-state index is 0.271. The van der Waals surface area contributed by atoms with Gasteiger partial charge < -0.3 is 9.15 Å². The van der Waals surface area contributed by atoms with Crippen LogP contribution in [0.3, 0.4) is 0 Å². The lowest BCUT2D eigenvalue weighted by atomic mass is 10.1. The molecule has 2 aromatic rings. The first-order valence-electron chi connectivity index (χ1n) is 6.55. The summed E-state index contributed by atoms with van der Waals surface area (Å²) in [5.41, 5.74) is 2.77. The zero-order valence-electron chi connectivity index (χ0n) is 11.0. The zero-order chi connectivity index (χ0) is 13.1. The number of benzene rings is 1. The molecule has 1 aliphatic carbocycles. The summed E-state index contributed by atoms with van der Waals surface area (Å²) in [5.74, 6) is 1.62. The van der Waals surface area contributed by atoms with Crippen LogP contribution < -0.4 is 0 Å². The second kappa shape index (κ2) is 5.41. The highest BCUT2D eigenvalue weighted by Gasteiger charge is 2.20. The molecule has 1 aromatic carbocycles. The third-order valence-corrected chi connectivity index (χ3v) is 3.45. The number of hydrogen-bond donors (Lipinski definition) is 0. The molecule has 1 atom stereocenters. The highest BCUT2D eigenvalue weighted by molar-refractivity contribution is 5.76. The molecule has 1 heterocycles. The number of rotatable bonds is 4. The Morgan fingerprint density at radius 3 is 3.11 bits per heavy atom. The summed E-state index contributed by atoms with van der Waals surface area (Å²) < 4.78 is 10.6. The molecule has 1 aromatic heterocycles. The molecule has 0 spiro atoms. The number of hydrogen-bond acceptors (Lipinski definition) is 3. The van der Waals surface area contributed by atoms with Crippen LogP contribution in [0.2, 0.25) is 0 Å². The van der Waals surface area contributed by atoms with E-state index in [1.54, 1.807) is 7.11 Å². The fourth-order valence-corrected chi connectivity index (χ4v) is 2.54. The standard InChI is InChI=1S/C16H17NO2/c1-18-11-14-8-7-13(19-14)10-17-16-9-6-12-4-2-3-5-15(12)16/h2-5,7-8,10,16H,6,9,11H2,1H3. The Morgan fingerprint density at radius 1 is 1.32 bits per heavy atom. The maximum absolute atomic E-state index is 5.60. The van der Waals surface area contributed by atoms with E-state index >= 15 is 0 Å². The van der Waals surface area contributed by atoms with Crippen LogP contribution in [0.5, 0.6) is 0 Å². The zero-order valence-corrected chi connectivity index (χ0v) is 11.0. The molecule has 0 radical (unpaired) electrons. The first-order chi connectivity index (χ1) is 9.36. The van der Waals surface area contributed by atoms with Gasteiger partial charge in [0.2, 0.25) is 0 Å². The van der Waals surface area contributed by atoms with Crippen molar-refractivity contribution in [3.8, 4) is 0 Å². The Kier molecular flexibility index (Phi) is 3.47. The lowest BCUT2D eigenvalue weighted by molar-refractivity contribution is 0.164. The van der Waals surface area contributed by atoms with E-state index in [0.29, 0.717) is 6.61 Å². The van der Waals surface area contributed by atoms with E-state index in [1.165, 1.54) is 11.1 Å². The van der Waals surface area contributed by atoms with Gasteiger partial charge in [-0.2, -0.15) is 0 Å². The van der Waals surface area contributed by atoms with Crippen molar-refractivity contribution in [2.45, 2.75) is 25.5 Å². The molecule has 3 rings (SSSR count). The summed E-state index contributed by atoms with van der Waals surface area (Å²) in [6.07, 6.45) is 4.03. The van der Waals surface area contributed by atoms with Crippen molar-refractivity contribution < 1.29 is 9.15 Å². The minimum atomic E-state index is 0.271. The van der Waals surface area contributed by atoms with Gasteiger partial charge in [0.1, 0.15) is 18.1 Å². The normalized spacial score (nSPS) is 18.1. The Labute approximate surface area is 112 Å². The Morgan fingerprint density at radius 2 is 2.21 bits per heavy atom. The van der Waals surface area contributed by atoms with Crippen molar-refractivity contribution in [2.75, 3.05) is 7.11 Å². The Balaban J connectivity index is 1.73. The fourth-order valence-electron chi connectivity index (χ4n) is 2.54. The van der Waals surface area contributed by atoms with Crippen LogP contribution in [0.1, 0.15) is 35.1 Å². The average Bonchev–Trinajstić information content (AvgIpc) is 3.04. The van der Waals surface area contributed by atoms with Crippen molar-refractivity contribution in [1.82, 2.24) is 0 Å². The summed E-state index contributed by atoms with van der Waals surface area (Å²) in [6.45, 7) is 0.500. The van der Waals surface area contributed by atoms with E-state index in [4.69, 9.17) is 9.15 Å². The highest BCUT2D eigenvalue weighted by Crippen LogP contribution is 2.33. The van der Waals surface area contributed by atoms with E-state index in [1.807, 2.05) is 18.3 Å². The lowest BCUT2D eigenvalue weighted by Gasteiger charge is -2.04. The van der Waals surface area contributed by atoms with Gasteiger partial charge in [-0.25, -0.2) is 0 Å². The molecule has 0 saturated heterocycles. The lowest BCUT2D eigenvalue weighted by Crippen LogP contribution is -1.90. The summed E-state index contributed by atoms with van der Waals surface area (Å²) >= 11 is 0. The number of methoxy groups -OCH3 is 1. The SMILES string of the molecule is COCc1ccc(C=NC2CCc3ccccc32)o1. The molecule has 0 amide bonds. The van der Waals surface area contributed by atoms with Crippen LogP contribution in [0, 0.1) is 0 Å².